The van der Waals surface area contributed by atoms with E-state index in [4.69, 9.17) is 4.74 Å². The van der Waals surface area contributed by atoms with Gasteiger partial charge in [-0.15, -0.1) is 0 Å². The number of ether oxygens (including phenoxy) is 1. The molecule has 1 aromatic heterocycles. The summed E-state index contributed by atoms with van der Waals surface area (Å²) in [5, 5.41) is 4.44. The molecule has 0 radical (unpaired) electrons. The summed E-state index contributed by atoms with van der Waals surface area (Å²) in [6.45, 7) is 8.51. The molecule has 0 aliphatic rings. The summed E-state index contributed by atoms with van der Waals surface area (Å²) >= 11 is 0. The van der Waals surface area contributed by atoms with E-state index in [1.165, 1.54) is 0 Å². The number of methoxy groups -OCH3 is 1. The van der Waals surface area contributed by atoms with Gasteiger partial charge >= 0.3 is 0 Å². The number of aromatic nitrogens is 2. The third kappa shape index (κ3) is 1.69. The second-order valence-electron chi connectivity index (χ2n) is 4.36. The molecule has 3 heteroatoms. The molecule has 0 spiro atoms. The lowest BCUT2D eigenvalue weighted by Gasteiger charge is -2.15. The molecule has 0 unspecified atom stereocenters. The van der Waals surface area contributed by atoms with E-state index in [2.05, 4.69) is 25.9 Å². The molecule has 0 atom stereocenters. The van der Waals surface area contributed by atoms with Crippen molar-refractivity contribution in [1.29, 1.82) is 0 Å². The van der Waals surface area contributed by atoms with E-state index in [1.54, 1.807) is 11.8 Å². The van der Waals surface area contributed by atoms with Gasteiger partial charge in [-0.25, -0.2) is 4.68 Å². The van der Waals surface area contributed by atoms with E-state index >= 15 is 0 Å². The minimum atomic E-state index is 0.0820. The molecule has 1 rings (SSSR count). The number of nitrogens with zero attached hydrogens (tertiary/aromatic N) is 2. The maximum Gasteiger partial charge on any atom is 0.214 e. The highest BCUT2D eigenvalue weighted by Crippen LogP contribution is 2.29. The molecule has 0 N–H and O–H groups in total. The molecule has 0 aromatic carbocycles. The van der Waals surface area contributed by atoms with Gasteiger partial charge in [-0.05, 0) is 6.92 Å². The Morgan fingerprint density at radius 1 is 1.31 bits per heavy atom. The van der Waals surface area contributed by atoms with Crippen molar-refractivity contribution >= 4 is 0 Å². The Kier molecular flexibility index (Phi) is 2.37. The third-order valence-corrected chi connectivity index (χ3v) is 2.12. The topological polar surface area (TPSA) is 27.1 Å². The molecule has 0 amide bonds. The van der Waals surface area contributed by atoms with Crippen LogP contribution in [0.15, 0.2) is 0 Å². The van der Waals surface area contributed by atoms with Gasteiger partial charge in [0.05, 0.1) is 12.8 Å². The second kappa shape index (κ2) is 3.05. The van der Waals surface area contributed by atoms with E-state index in [0.717, 1.165) is 17.1 Å². The Morgan fingerprint density at radius 2 is 1.85 bits per heavy atom. The number of hydrogen-bond acceptors (Lipinski definition) is 2. The maximum absolute atomic E-state index is 5.25. The summed E-state index contributed by atoms with van der Waals surface area (Å²) in [5.41, 5.74) is 2.32. The van der Waals surface area contributed by atoms with Crippen molar-refractivity contribution in [2.45, 2.75) is 33.1 Å². The Balaban J connectivity index is 3.26. The molecule has 0 bridgehead atoms. The maximum atomic E-state index is 5.25. The quantitative estimate of drug-likeness (QED) is 0.664. The van der Waals surface area contributed by atoms with E-state index in [-0.39, 0.29) is 5.41 Å². The van der Waals surface area contributed by atoms with Crippen LogP contribution in [0, 0.1) is 6.92 Å². The molecule has 0 saturated heterocycles. The number of rotatable bonds is 1. The molecule has 0 fully saturated rings. The average molecular weight is 182 g/mol. The smallest absolute Gasteiger partial charge is 0.214 e. The van der Waals surface area contributed by atoms with Crippen LogP contribution in [0.25, 0.3) is 0 Å². The normalized spacial score (nSPS) is 11.8. The van der Waals surface area contributed by atoms with Gasteiger partial charge in [0, 0.05) is 18.0 Å². The first kappa shape index (κ1) is 10.1. The molecule has 1 aromatic rings. The van der Waals surface area contributed by atoms with Gasteiger partial charge in [0.1, 0.15) is 0 Å². The summed E-state index contributed by atoms with van der Waals surface area (Å²) in [6, 6.07) is 0. The van der Waals surface area contributed by atoms with Crippen molar-refractivity contribution in [3.8, 4) is 5.88 Å². The molecule has 13 heavy (non-hydrogen) atoms. The SMILES string of the molecule is COc1c(C)c(C(C)(C)C)nn1C. The van der Waals surface area contributed by atoms with Crippen molar-refractivity contribution in [3.05, 3.63) is 11.3 Å². The minimum absolute atomic E-state index is 0.0820. The van der Waals surface area contributed by atoms with Crippen LogP contribution in [0.3, 0.4) is 0 Å². The first-order valence-electron chi connectivity index (χ1n) is 4.46. The lowest BCUT2D eigenvalue weighted by atomic mass is 9.90. The molecule has 0 aliphatic carbocycles. The fourth-order valence-corrected chi connectivity index (χ4v) is 1.61. The van der Waals surface area contributed by atoms with Gasteiger partial charge in [-0.3, -0.25) is 0 Å². The van der Waals surface area contributed by atoms with E-state index in [9.17, 15) is 0 Å². The summed E-state index contributed by atoms with van der Waals surface area (Å²) in [5.74, 6) is 0.852. The Morgan fingerprint density at radius 3 is 2.08 bits per heavy atom. The highest BCUT2D eigenvalue weighted by molar-refractivity contribution is 5.33. The molecular weight excluding hydrogens is 164 g/mol. The molecular formula is C10H18N2O. The van der Waals surface area contributed by atoms with Crippen LogP contribution in [0.4, 0.5) is 0 Å². The standard InChI is InChI=1S/C10H18N2O/c1-7-8(10(2,3)4)11-12(5)9(7)13-6/h1-6H3. The van der Waals surface area contributed by atoms with Crippen LogP contribution in [0.2, 0.25) is 0 Å². The molecule has 0 aliphatic heterocycles. The van der Waals surface area contributed by atoms with E-state index in [0.29, 0.717) is 0 Å². The van der Waals surface area contributed by atoms with Crippen molar-refractivity contribution in [1.82, 2.24) is 9.78 Å². The van der Waals surface area contributed by atoms with Crippen LogP contribution >= 0.6 is 0 Å². The molecule has 74 valence electrons. The highest BCUT2D eigenvalue weighted by atomic mass is 16.5. The van der Waals surface area contributed by atoms with Crippen LogP contribution in [-0.2, 0) is 12.5 Å². The summed E-state index contributed by atoms with van der Waals surface area (Å²) in [7, 11) is 3.58. The van der Waals surface area contributed by atoms with Crippen molar-refractivity contribution in [3.63, 3.8) is 0 Å². The lowest BCUT2D eigenvalue weighted by molar-refractivity contribution is 0.371. The summed E-state index contributed by atoms with van der Waals surface area (Å²) in [4.78, 5) is 0. The van der Waals surface area contributed by atoms with E-state index < -0.39 is 0 Å². The summed E-state index contributed by atoms with van der Waals surface area (Å²) < 4.78 is 7.04. The second-order valence-corrected chi connectivity index (χ2v) is 4.36. The molecule has 1 heterocycles. The van der Waals surface area contributed by atoms with E-state index in [1.807, 2.05) is 14.0 Å². The molecule has 0 saturated carbocycles. The fourth-order valence-electron chi connectivity index (χ4n) is 1.61. The van der Waals surface area contributed by atoms with Gasteiger partial charge in [0.15, 0.2) is 0 Å². The van der Waals surface area contributed by atoms with Gasteiger partial charge in [0.25, 0.3) is 0 Å². The predicted octanol–water partition coefficient (Wildman–Crippen LogP) is 2.03. The largest absolute Gasteiger partial charge is 0.481 e. The first-order valence-corrected chi connectivity index (χ1v) is 4.46. The number of aryl methyl sites for hydroxylation is 1. The summed E-state index contributed by atoms with van der Waals surface area (Å²) in [6.07, 6.45) is 0. The fraction of sp³-hybridized carbons (Fsp3) is 0.700. The van der Waals surface area contributed by atoms with Crippen LogP contribution in [0.1, 0.15) is 32.0 Å². The zero-order valence-electron chi connectivity index (χ0n) is 9.30. The lowest BCUT2D eigenvalue weighted by Crippen LogP contribution is -2.13. The Labute approximate surface area is 79.7 Å². The van der Waals surface area contributed by atoms with Gasteiger partial charge in [-0.1, -0.05) is 20.8 Å². The van der Waals surface area contributed by atoms with Gasteiger partial charge < -0.3 is 4.74 Å². The monoisotopic (exact) mass is 182 g/mol. The van der Waals surface area contributed by atoms with Crippen LogP contribution < -0.4 is 4.74 Å². The van der Waals surface area contributed by atoms with Crippen molar-refractivity contribution in [2.24, 2.45) is 7.05 Å². The predicted molar refractivity (Wildman–Crippen MR) is 53.2 cm³/mol. The third-order valence-electron chi connectivity index (χ3n) is 2.12. The zero-order valence-corrected chi connectivity index (χ0v) is 9.30. The van der Waals surface area contributed by atoms with Gasteiger partial charge in [0.2, 0.25) is 5.88 Å². The van der Waals surface area contributed by atoms with Crippen LogP contribution in [-0.4, -0.2) is 16.9 Å². The average Bonchev–Trinajstić information content (AvgIpc) is 2.25. The Hall–Kier alpha value is -0.990. The zero-order chi connectivity index (χ0) is 10.2. The minimum Gasteiger partial charge on any atom is -0.481 e. The Bertz CT molecular complexity index is 307. The van der Waals surface area contributed by atoms with Crippen molar-refractivity contribution < 1.29 is 4.74 Å². The molecule has 3 nitrogen and oxygen atoms in total. The van der Waals surface area contributed by atoms with Gasteiger partial charge in [-0.2, -0.15) is 5.10 Å². The highest BCUT2D eigenvalue weighted by Gasteiger charge is 2.23. The van der Waals surface area contributed by atoms with Crippen molar-refractivity contribution in [2.75, 3.05) is 7.11 Å². The number of hydrogen-bond donors (Lipinski definition) is 0. The van der Waals surface area contributed by atoms with Crippen LogP contribution in [0.5, 0.6) is 5.88 Å². The first-order chi connectivity index (χ1) is 5.88.